The molecule has 1 aromatic heterocycles. The highest BCUT2D eigenvalue weighted by Crippen LogP contribution is 2.47. The Labute approximate surface area is 151 Å². The summed E-state index contributed by atoms with van der Waals surface area (Å²) in [6.07, 6.45) is 0. The summed E-state index contributed by atoms with van der Waals surface area (Å²) < 4.78 is 12.2. The molecule has 124 valence electrons. The van der Waals surface area contributed by atoms with Gasteiger partial charge in [-0.2, -0.15) is 0 Å². The Kier molecular flexibility index (Phi) is 4.16. The summed E-state index contributed by atoms with van der Waals surface area (Å²) in [7, 11) is 3.41. The molecule has 0 aliphatic carbocycles. The van der Waals surface area contributed by atoms with Gasteiger partial charge in [0.1, 0.15) is 11.5 Å². The Morgan fingerprint density at radius 3 is 2.20 bits per heavy atom. The third-order valence-electron chi connectivity index (χ3n) is 4.32. The third-order valence-corrected chi connectivity index (χ3v) is 5.54. The van der Waals surface area contributed by atoms with Crippen LogP contribution in [0.25, 0.3) is 31.7 Å². The Hall–Kier alpha value is -2.78. The van der Waals surface area contributed by atoms with Gasteiger partial charge in [-0.1, -0.05) is 36.4 Å². The van der Waals surface area contributed by atoms with Gasteiger partial charge in [-0.15, -0.1) is 11.3 Å². The van der Waals surface area contributed by atoms with Crippen LogP contribution in [0.5, 0.6) is 11.5 Å². The van der Waals surface area contributed by atoms with E-state index in [-0.39, 0.29) is 0 Å². The number of benzene rings is 3. The standard InChI is InChI=1S/C22H18O2S/c1-23-16-13-11-15(12-14-16)22-21(17-7-3-5-9-19(17)24-2)18-8-4-6-10-20(18)25-22/h3-14H,1-2H3. The molecule has 3 heteroatoms. The number of para-hydroxylation sites is 1. The van der Waals surface area contributed by atoms with E-state index in [2.05, 4.69) is 48.5 Å². The van der Waals surface area contributed by atoms with Crippen molar-refractivity contribution in [1.29, 1.82) is 0 Å². The molecular formula is C22H18O2S. The van der Waals surface area contributed by atoms with E-state index in [0.717, 1.165) is 17.1 Å². The van der Waals surface area contributed by atoms with Crippen LogP contribution in [0.2, 0.25) is 0 Å². The normalized spacial score (nSPS) is 10.8. The summed E-state index contributed by atoms with van der Waals surface area (Å²) in [6, 6.07) is 25.0. The van der Waals surface area contributed by atoms with Gasteiger partial charge >= 0.3 is 0 Å². The van der Waals surface area contributed by atoms with Crippen LogP contribution in [-0.4, -0.2) is 14.2 Å². The quantitative estimate of drug-likeness (QED) is 0.435. The smallest absolute Gasteiger partial charge is 0.126 e. The summed E-state index contributed by atoms with van der Waals surface area (Å²) >= 11 is 1.81. The number of thiophene rings is 1. The van der Waals surface area contributed by atoms with E-state index < -0.39 is 0 Å². The highest BCUT2D eigenvalue weighted by atomic mass is 32.1. The fraction of sp³-hybridized carbons (Fsp3) is 0.0909. The van der Waals surface area contributed by atoms with E-state index in [9.17, 15) is 0 Å². The largest absolute Gasteiger partial charge is 0.497 e. The van der Waals surface area contributed by atoms with Gasteiger partial charge in [0.2, 0.25) is 0 Å². The van der Waals surface area contributed by atoms with Crippen molar-refractivity contribution >= 4 is 21.4 Å². The monoisotopic (exact) mass is 346 g/mol. The van der Waals surface area contributed by atoms with Gasteiger partial charge in [0.05, 0.1) is 14.2 Å². The minimum atomic E-state index is 0.865. The molecule has 25 heavy (non-hydrogen) atoms. The predicted octanol–water partition coefficient (Wildman–Crippen LogP) is 6.25. The maximum absolute atomic E-state index is 5.63. The van der Waals surface area contributed by atoms with Gasteiger partial charge in [-0.25, -0.2) is 0 Å². The zero-order valence-electron chi connectivity index (χ0n) is 14.2. The van der Waals surface area contributed by atoms with Gasteiger partial charge < -0.3 is 9.47 Å². The van der Waals surface area contributed by atoms with E-state index in [4.69, 9.17) is 9.47 Å². The van der Waals surface area contributed by atoms with Gasteiger partial charge in [0.25, 0.3) is 0 Å². The van der Waals surface area contributed by atoms with Crippen LogP contribution in [0.4, 0.5) is 0 Å². The number of rotatable bonds is 4. The zero-order chi connectivity index (χ0) is 17.2. The molecule has 0 radical (unpaired) electrons. The molecule has 0 atom stereocenters. The zero-order valence-corrected chi connectivity index (χ0v) is 15.0. The molecule has 0 saturated carbocycles. The van der Waals surface area contributed by atoms with Crippen LogP contribution < -0.4 is 9.47 Å². The molecule has 0 unspecified atom stereocenters. The second-order valence-electron chi connectivity index (χ2n) is 5.73. The SMILES string of the molecule is COc1ccc(-c2sc3ccccc3c2-c2ccccc2OC)cc1. The van der Waals surface area contributed by atoms with E-state index in [0.29, 0.717) is 0 Å². The average Bonchev–Trinajstić information content (AvgIpc) is 3.07. The van der Waals surface area contributed by atoms with Crippen molar-refractivity contribution in [2.24, 2.45) is 0 Å². The summed E-state index contributed by atoms with van der Waals surface area (Å²) in [5, 5.41) is 1.25. The summed E-state index contributed by atoms with van der Waals surface area (Å²) in [4.78, 5) is 1.24. The maximum Gasteiger partial charge on any atom is 0.126 e. The lowest BCUT2D eigenvalue weighted by Crippen LogP contribution is -1.88. The van der Waals surface area contributed by atoms with E-state index in [1.165, 1.54) is 26.1 Å². The van der Waals surface area contributed by atoms with Crippen molar-refractivity contribution in [2.45, 2.75) is 0 Å². The second-order valence-corrected chi connectivity index (χ2v) is 6.78. The van der Waals surface area contributed by atoms with Crippen LogP contribution in [-0.2, 0) is 0 Å². The summed E-state index contributed by atoms with van der Waals surface area (Å²) in [5.74, 6) is 1.75. The Balaban J connectivity index is 2.01. The number of ether oxygens (including phenoxy) is 2. The van der Waals surface area contributed by atoms with Crippen molar-refractivity contribution < 1.29 is 9.47 Å². The van der Waals surface area contributed by atoms with E-state index >= 15 is 0 Å². The van der Waals surface area contributed by atoms with E-state index in [1.54, 1.807) is 14.2 Å². The van der Waals surface area contributed by atoms with Gasteiger partial charge in [-0.3, -0.25) is 0 Å². The molecule has 0 aliphatic rings. The van der Waals surface area contributed by atoms with Crippen molar-refractivity contribution in [3.05, 3.63) is 72.8 Å². The molecule has 4 rings (SSSR count). The number of hydrogen-bond donors (Lipinski definition) is 0. The molecule has 0 amide bonds. The van der Waals surface area contributed by atoms with Crippen LogP contribution in [0.3, 0.4) is 0 Å². The molecule has 0 bridgehead atoms. The minimum Gasteiger partial charge on any atom is -0.497 e. The van der Waals surface area contributed by atoms with Gasteiger partial charge in [0.15, 0.2) is 0 Å². The van der Waals surface area contributed by atoms with Crippen LogP contribution in [0.1, 0.15) is 0 Å². The molecule has 0 N–H and O–H groups in total. The van der Waals surface area contributed by atoms with Crippen molar-refractivity contribution in [2.75, 3.05) is 14.2 Å². The molecular weight excluding hydrogens is 328 g/mol. The molecule has 0 fully saturated rings. The van der Waals surface area contributed by atoms with Crippen LogP contribution in [0, 0.1) is 0 Å². The highest BCUT2D eigenvalue weighted by molar-refractivity contribution is 7.23. The first-order valence-corrected chi connectivity index (χ1v) is 8.93. The Morgan fingerprint density at radius 1 is 0.720 bits per heavy atom. The Morgan fingerprint density at radius 2 is 1.44 bits per heavy atom. The second kappa shape index (κ2) is 6.61. The molecule has 3 aromatic carbocycles. The summed E-state index contributed by atoms with van der Waals surface area (Å²) in [5.41, 5.74) is 3.53. The maximum atomic E-state index is 5.63. The van der Waals surface area contributed by atoms with Crippen molar-refractivity contribution in [3.63, 3.8) is 0 Å². The minimum absolute atomic E-state index is 0.865. The highest BCUT2D eigenvalue weighted by Gasteiger charge is 2.18. The first kappa shape index (κ1) is 15.7. The van der Waals surface area contributed by atoms with E-state index in [1.807, 2.05) is 35.6 Å². The lowest BCUT2D eigenvalue weighted by atomic mass is 9.98. The number of hydrogen-bond acceptors (Lipinski definition) is 3. The Bertz CT molecular complexity index is 1020. The van der Waals surface area contributed by atoms with Crippen LogP contribution in [0.15, 0.2) is 72.8 Å². The molecule has 0 spiro atoms. The fourth-order valence-corrected chi connectivity index (χ4v) is 4.33. The van der Waals surface area contributed by atoms with Gasteiger partial charge in [0, 0.05) is 26.1 Å². The number of methoxy groups -OCH3 is 2. The lowest BCUT2D eigenvalue weighted by molar-refractivity contribution is 0.415. The molecule has 1 heterocycles. The average molecular weight is 346 g/mol. The fourth-order valence-electron chi connectivity index (χ4n) is 3.11. The summed E-state index contributed by atoms with van der Waals surface area (Å²) in [6.45, 7) is 0. The lowest BCUT2D eigenvalue weighted by Gasteiger charge is -2.11. The van der Waals surface area contributed by atoms with Crippen molar-refractivity contribution in [3.8, 4) is 33.1 Å². The predicted molar refractivity (Wildman–Crippen MR) is 106 cm³/mol. The number of fused-ring (bicyclic) bond motifs is 1. The molecule has 0 saturated heterocycles. The van der Waals surface area contributed by atoms with Gasteiger partial charge in [-0.05, 0) is 42.0 Å². The van der Waals surface area contributed by atoms with Crippen LogP contribution >= 0.6 is 11.3 Å². The first-order valence-electron chi connectivity index (χ1n) is 8.11. The molecule has 4 aromatic rings. The van der Waals surface area contributed by atoms with Crippen molar-refractivity contribution in [1.82, 2.24) is 0 Å². The first-order chi connectivity index (χ1) is 12.3. The third kappa shape index (κ3) is 2.77. The molecule has 2 nitrogen and oxygen atoms in total. The molecule has 0 aliphatic heterocycles. The topological polar surface area (TPSA) is 18.5 Å².